The van der Waals surface area contributed by atoms with Gasteiger partial charge in [0.05, 0.1) is 29.4 Å². The molecule has 2 N–H and O–H groups in total. The molecule has 1 atom stereocenters. The first kappa shape index (κ1) is 22.7. The normalized spacial score (nSPS) is 15.5. The van der Waals surface area contributed by atoms with Gasteiger partial charge in [0, 0.05) is 17.7 Å². The van der Waals surface area contributed by atoms with Crippen LogP contribution < -0.4 is 5.32 Å². The van der Waals surface area contributed by atoms with Gasteiger partial charge >= 0.3 is 0 Å². The Kier molecular flexibility index (Phi) is 6.60. The molecule has 6 nitrogen and oxygen atoms in total. The maximum absolute atomic E-state index is 14.4. The fraction of sp³-hybridized carbons (Fsp3) is 0.217. The third-order valence-corrected chi connectivity index (χ3v) is 5.67. The van der Waals surface area contributed by atoms with Crippen LogP contribution in [0, 0.1) is 17.0 Å². The van der Waals surface area contributed by atoms with Gasteiger partial charge < -0.3 is 10.2 Å². The summed E-state index contributed by atoms with van der Waals surface area (Å²) < 4.78 is 41.7. The molecular formula is C23H19ClF3N5O. The van der Waals surface area contributed by atoms with E-state index in [-0.39, 0.29) is 53.1 Å². The number of halogens is 4. The van der Waals surface area contributed by atoms with Crippen LogP contribution >= 0.6 is 11.6 Å². The average molecular weight is 474 g/mol. The fourth-order valence-electron chi connectivity index (χ4n) is 3.59. The molecule has 0 saturated carbocycles. The topological polar surface area (TPSA) is 82.0 Å². The van der Waals surface area contributed by atoms with E-state index in [9.17, 15) is 18.0 Å². The Balaban J connectivity index is 1.73. The van der Waals surface area contributed by atoms with Gasteiger partial charge in [-0.25, -0.2) is 13.2 Å². The monoisotopic (exact) mass is 473 g/mol. The Morgan fingerprint density at radius 1 is 1.18 bits per heavy atom. The molecule has 1 amide bonds. The molecule has 170 valence electrons. The molecule has 0 aliphatic carbocycles. The smallest absolute Gasteiger partial charge is 0.242 e. The quantitative estimate of drug-likeness (QED) is 0.517. The first-order valence-corrected chi connectivity index (χ1v) is 10.5. The van der Waals surface area contributed by atoms with E-state index in [1.165, 1.54) is 4.90 Å². The van der Waals surface area contributed by atoms with E-state index in [1.54, 1.807) is 30.3 Å². The molecule has 3 aromatic rings. The Labute approximate surface area is 192 Å². The average Bonchev–Trinajstić information content (AvgIpc) is 3.25. The molecule has 1 fully saturated rings. The van der Waals surface area contributed by atoms with E-state index in [4.69, 9.17) is 17.0 Å². The Bertz CT molecular complexity index is 1210. The van der Waals surface area contributed by atoms with E-state index in [0.29, 0.717) is 12.1 Å². The summed E-state index contributed by atoms with van der Waals surface area (Å²) in [6.07, 6.45) is -0.786. The molecule has 33 heavy (non-hydrogen) atoms. The van der Waals surface area contributed by atoms with Crippen molar-refractivity contribution in [3.8, 4) is 11.3 Å². The van der Waals surface area contributed by atoms with Crippen molar-refractivity contribution in [3.05, 3.63) is 76.3 Å². The maximum atomic E-state index is 14.4. The van der Waals surface area contributed by atoms with Gasteiger partial charge in [-0.2, -0.15) is 0 Å². The van der Waals surface area contributed by atoms with Crippen LogP contribution in [0.3, 0.4) is 0 Å². The molecule has 0 bridgehead atoms. The van der Waals surface area contributed by atoms with Crippen molar-refractivity contribution in [1.29, 1.82) is 5.41 Å². The number of rotatable bonds is 6. The SMILES string of the molecule is N=C(c1cc(F)ccc1F)c1c(NCC(=O)N2CCC(F)C2)nnc(-c2ccccc2)c1Cl. The number of amides is 1. The summed E-state index contributed by atoms with van der Waals surface area (Å²) in [5, 5.41) is 19.6. The van der Waals surface area contributed by atoms with E-state index in [0.717, 1.165) is 18.2 Å². The summed E-state index contributed by atoms with van der Waals surface area (Å²) in [7, 11) is 0. The number of hydrogen-bond acceptors (Lipinski definition) is 5. The molecule has 2 aromatic carbocycles. The molecule has 0 spiro atoms. The minimum absolute atomic E-state index is 0.00944. The molecule has 10 heteroatoms. The van der Waals surface area contributed by atoms with Gasteiger partial charge in [-0.1, -0.05) is 41.9 Å². The lowest BCUT2D eigenvalue weighted by Gasteiger charge is -2.18. The molecule has 1 aromatic heterocycles. The van der Waals surface area contributed by atoms with Crippen LogP contribution in [0.4, 0.5) is 19.0 Å². The zero-order chi connectivity index (χ0) is 23.5. The molecule has 2 heterocycles. The van der Waals surface area contributed by atoms with Crippen molar-refractivity contribution in [1.82, 2.24) is 15.1 Å². The molecule has 4 rings (SSSR count). The number of carbonyl (C=O) groups is 1. The van der Waals surface area contributed by atoms with Crippen molar-refractivity contribution in [2.24, 2.45) is 0 Å². The lowest BCUT2D eigenvalue weighted by molar-refractivity contribution is -0.128. The minimum Gasteiger partial charge on any atom is -0.359 e. The Morgan fingerprint density at radius 3 is 2.64 bits per heavy atom. The van der Waals surface area contributed by atoms with Crippen molar-refractivity contribution in [2.45, 2.75) is 12.6 Å². The lowest BCUT2D eigenvalue weighted by Crippen LogP contribution is -2.34. The van der Waals surface area contributed by atoms with Crippen LogP contribution in [0.1, 0.15) is 17.5 Å². The summed E-state index contributed by atoms with van der Waals surface area (Å²) in [6.45, 7) is 0.0592. The van der Waals surface area contributed by atoms with Crippen LogP contribution in [0.2, 0.25) is 5.02 Å². The number of aromatic nitrogens is 2. The van der Waals surface area contributed by atoms with Crippen LogP contribution in [0.15, 0.2) is 48.5 Å². The Morgan fingerprint density at radius 2 is 1.94 bits per heavy atom. The standard InChI is InChI=1S/C23H19ClF3N5O/c24-20-19(21(28)16-10-14(25)6-7-17(16)27)23(29-11-18(33)32-9-8-15(26)12-32)31-30-22(20)13-4-2-1-3-5-13/h1-7,10,15,28H,8-9,11-12H2,(H,29,31). The van der Waals surface area contributed by atoms with E-state index >= 15 is 0 Å². The molecular weight excluding hydrogens is 455 g/mol. The van der Waals surface area contributed by atoms with Crippen molar-refractivity contribution >= 4 is 29.0 Å². The van der Waals surface area contributed by atoms with Gasteiger partial charge in [0.25, 0.3) is 0 Å². The Hall–Kier alpha value is -3.46. The molecule has 1 aliphatic rings. The van der Waals surface area contributed by atoms with Gasteiger partial charge in [-0.3, -0.25) is 10.2 Å². The predicted molar refractivity (Wildman–Crippen MR) is 119 cm³/mol. The van der Waals surface area contributed by atoms with Gasteiger partial charge in [0.1, 0.15) is 23.5 Å². The summed E-state index contributed by atoms with van der Waals surface area (Å²) in [5.74, 6) is -1.95. The number of carbonyl (C=O) groups excluding carboxylic acids is 1. The number of nitrogens with zero attached hydrogens (tertiary/aromatic N) is 3. The summed E-state index contributed by atoms with van der Waals surface area (Å²) >= 11 is 6.60. The fourth-order valence-corrected chi connectivity index (χ4v) is 3.92. The van der Waals surface area contributed by atoms with Crippen LogP contribution in [-0.2, 0) is 4.79 Å². The highest BCUT2D eigenvalue weighted by Crippen LogP contribution is 2.33. The minimum atomic E-state index is -1.06. The third-order valence-electron chi connectivity index (χ3n) is 5.30. The molecule has 0 radical (unpaired) electrons. The second-order valence-electron chi connectivity index (χ2n) is 7.53. The lowest BCUT2D eigenvalue weighted by atomic mass is 10.0. The van der Waals surface area contributed by atoms with E-state index < -0.39 is 23.5 Å². The summed E-state index contributed by atoms with van der Waals surface area (Å²) in [6, 6.07) is 11.6. The number of anilines is 1. The van der Waals surface area contributed by atoms with Gasteiger partial charge in [0.15, 0.2) is 5.82 Å². The van der Waals surface area contributed by atoms with Crippen molar-refractivity contribution in [2.75, 3.05) is 25.0 Å². The second kappa shape index (κ2) is 9.58. The predicted octanol–water partition coefficient (Wildman–Crippen LogP) is 4.47. The van der Waals surface area contributed by atoms with Crippen LogP contribution in [0.25, 0.3) is 11.3 Å². The number of benzene rings is 2. The summed E-state index contributed by atoms with van der Waals surface area (Å²) in [4.78, 5) is 13.8. The van der Waals surface area contributed by atoms with Gasteiger partial charge in [0.2, 0.25) is 5.91 Å². The number of nitrogens with one attached hydrogen (secondary N) is 2. The second-order valence-corrected chi connectivity index (χ2v) is 7.91. The van der Waals surface area contributed by atoms with Gasteiger partial charge in [-0.15, -0.1) is 10.2 Å². The third kappa shape index (κ3) is 4.83. The highest BCUT2D eigenvalue weighted by molar-refractivity contribution is 6.38. The van der Waals surface area contributed by atoms with Crippen molar-refractivity contribution in [3.63, 3.8) is 0 Å². The maximum Gasteiger partial charge on any atom is 0.242 e. The van der Waals surface area contributed by atoms with Gasteiger partial charge in [-0.05, 0) is 24.6 Å². The molecule has 1 aliphatic heterocycles. The zero-order valence-electron chi connectivity index (χ0n) is 17.3. The first-order valence-electron chi connectivity index (χ1n) is 10.2. The van der Waals surface area contributed by atoms with Crippen LogP contribution in [-0.4, -0.2) is 52.5 Å². The zero-order valence-corrected chi connectivity index (χ0v) is 18.0. The van der Waals surface area contributed by atoms with E-state index in [2.05, 4.69) is 15.5 Å². The molecule has 1 unspecified atom stereocenters. The number of hydrogen-bond donors (Lipinski definition) is 2. The molecule has 1 saturated heterocycles. The largest absolute Gasteiger partial charge is 0.359 e. The first-order chi connectivity index (χ1) is 15.8. The van der Waals surface area contributed by atoms with E-state index in [1.807, 2.05) is 0 Å². The van der Waals surface area contributed by atoms with Crippen molar-refractivity contribution < 1.29 is 18.0 Å². The highest BCUT2D eigenvalue weighted by atomic mass is 35.5. The highest BCUT2D eigenvalue weighted by Gasteiger charge is 2.27. The summed E-state index contributed by atoms with van der Waals surface area (Å²) in [5.41, 5.74) is 0.0673. The van der Waals surface area contributed by atoms with Crippen LogP contribution in [0.5, 0.6) is 0 Å². The number of alkyl halides is 1. The number of likely N-dealkylation sites (tertiary alicyclic amines) is 1.